The minimum atomic E-state index is -1.01. The minimum Gasteiger partial charge on any atom is -0.454 e. The Morgan fingerprint density at radius 3 is 2.30 bits per heavy atom. The number of nitrogens with one attached hydrogen (secondary N) is 3. The van der Waals surface area contributed by atoms with Crippen LogP contribution in [0.2, 0.25) is 0 Å². The first-order chi connectivity index (χ1) is 10.8. The van der Waals surface area contributed by atoms with Crippen LogP contribution in [0.3, 0.4) is 0 Å². The lowest BCUT2D eigenvalue weighted by Crippen LogP contribution is -2.46. The summed E-state index contributed by atoms with van der Waals surface area (Å²) in [4.78, 5) is 58.7. The van der Waals surface area contributed by atoms with E-state index < -0.39 is 48.5 Å². The molecular weight excluding hydrogens is 308 g/mol. The highest BCUT2D eigenvalue weighted by atomic mass is 16.5. The lowest BCUT2D eigenvalue weighted by atomic mass is 9.93. The molecule has 0 aliphatic carbocycles. The van der Waals surface area contributed by atoms with Crippen LogP contribution in [0.15, 0.2) is 0 Å². The van der Waals surface area contributed by atoms with Crippen LogP contribution in [0.1, 0.15) is 26.7 Å². The minimum absolute atomic E-state index is 0.397. The van der Waals surface area contributed by atoms with Crippen LogP contribution in [0.4, 0.5) is 9.59 Å². The van der Waals surface area contributed by atoms with Gasteiger partial charge in [0.15, 0.2) is 6.61 Å². The highest BCUT2D eigenvalue weighted by Crippen LogP contribution is 2.24. The number of nitrogens with zero attached hydrogens (tertiary/aromatic N) is 1. The molecule has 0 bridgehead atoms. The standard InChI is InChI=1S/C13H20N4O6/c1-4-13(5-2)10(20)17(12(22)16-13)6-9(19)23-7-8(18)15-11(21)14-3/h4-7H2,1-3H3,(H,16,22)(H2,14,15,18,21). The second kappa shape index (κ2) is 7.56. The van der Waals surface area contributed by atoms with E-state index in [9.17, 15) is 24.0 Å². The van der Waals surface area contributed by atoms with Crippen LogP contribution in [0.25, 0.3) is 0 Å². The summed E-state index contributed by atoms with van der Waals surface area (Å²) in [6.45, 7) is 2.22. The van der Waals surface area contributed by atoms with Crippen molar-refractivity contribution >= 4 is 29.8 Å². The van der Waals surface area contributed by atoms with E-state index in [1.807, 2.05) is 5.32 Å². The van der Waals surface area contributed by atoms with Crippen LogP contribution in [0.5, 0.6) is 0 Å². The van der Waals surface area contributed by atoms with Crippen molar-refractivity contribution in [2.24, 2.45) is 0 Å². The Bertz CT molecular complexity index is 529. The molecular formula is C13H20N4O6. The summed E-state index contributed by atoms with van der Waals surface area (Å²) in [5.41, 5.74) is -1.01. The third-order valence-electron chi connectivity index (χ3n) is 3.58. The molecule has 1 rings (SSSR count). The van der Waals surface area contributed by atoms with Crippen LogP contribution in [0, 0.1) is 0 Å². The number of ether oxygens (including phenoxy) is 1. The SMILES string of the molecule is CCC1(CC)NC(=O)N(CC(=O)OCC(=O)NC(=O)NC)C1=O. The van der Waals surface area contributed by atoms with E-state index in [0.29, 0.717) is 12.8 Å². The van der Waals surface area contributed by atoms with Gasteiger partial charge in [0.05, 0.1) is 0 Å². The van der Waals surface area contributed by atoms with Crippen molar-refractivity contribution in [3.63, 3.8) is 0 Å². The van der Waals surface area contributed by atoms with Crippen molar-refractivity contribution in [1.29, 1.82) is 0 Å². The maximum atomic E-state index is 12.3. The Balaban J connectivity index is 2.55. The van der Waals surface area contributed by atoms with Crippen LogP contribution < -0.4 is 16.0 Å². The smallest absolute Gasteiger partial charge is 0.326 e. The van der Waals surface area contributed by atoms with Gasteiger partial charge in [-0.25, -0.2) is 9.59 Å². The van der Waals surface area contributed by atoms with E-state index in [4.69, 9.17) is 0 Å². The Kier molecular flexibility index (Phi) is 6.05. The van der Waals surface area contributed by atoms with Crippen molar-refractivity contribution < 1.29 is 28.7 Å². The average molecular weight is 328 g/mol. The second-order valence-corrected chi connectivity index (χ2v) is 4.90. The molecule has 1 saturated heterocycles. The number of rotatable bonds is 6. The van der Waals surface area contributed by atoms with Gasteiger partial charge in [-0.05, 0) is 12.8 Å². The molecule has 1 aliphatic rings. The number of carbonyl (C=O) groups is 5. The lowest BCUT2D eigenvalue weighted by molar-refractivity contribution is -0.150. The van der Waals surface area contributed by atoms with Gasteiger partial charge in [-0.2, -0.15) is 0 Å². The summed E-state index contributed by atoms with van der Waals surface area (Å²) in [5.74, 6) is -2.26. The van der Waals surface area contributed by atoms with Gasteiger partial charge in [0, 0.05) is 7.05 Å². The Morgan fingerprint density at radius 1 is 1.22 bits per heavy atom. The van der Waals surface area contributed by atoms with Gasteiger partial charge in [-0.1, -0.05) is 13.8 Å². The number of amides is 6. The van der Waals surface area contributed by atoms with Gasteiger partial charge >= 0.3 is 18.0 Å². The second-order valence-electron chi connectivity index (χ2n) is 4.90. The topological polar surface area (TPSA) is 134 Å². The van der Waals surface area contributed by atoms with Crippen molar-refractivity contribution in [2.75, 3.05) is 20.2 Å². The Labute approximate surface area is 132 Å². The molecule has 0 aromatic carbocycles. The molecule has 0 unspecified atom stereocenters. The van der Waals surface area contributed by atoms with Crippen molar-refractivity contribution in [2.45, 2.75) is 32.2 Å². The first kappa shape index (κ1) is 18.4. The zero-order chi connectivity index (χ0) is 17.6. The number of hydrogen-bond acceptors (Lipinski definition) is 6. The molecule has 0 spiro atoms. The molecule has 3 N–H and O–H groups in total. The molecule has 0 atom stereocenters. The van der Waals surface area contributed by atoms with E-state index in [-0.39, 0.29) is 0 Å². The third kappa shape index (κ3) is 4.18. The molecule has 128 valence electrons. The van der Waals surface area contributed by atoms with Gasteiger partial charge in [0.2, 0.25) is 0 Å². The van der Waals surface area contributed by atoms with Crippen molar-refractivity contribution in [1.82, 2.24) is 20.9 Å². The zero-order valence-corrected chi connectivity index (χ0v) is 13.2. The summed E-state index contributed by atoms with van der Waals surface area (Å²) < 4.78 is 4.64. The van der Waals surface area contributed by atoms with Crippen LogP contribution in [-0.4, -0.2) is 60.5 Å². The molecule has 0 aromatic heterocycles. The van der Waals surface area contributed by atoms with E-state index in [2.05, 4.69) is 15.4 Å². The molecule has 10 heteroatoms. The van der Waals surface area contributed by atoms with Crippen molar-refractivity contribution in [3.8, 4) is 0 Å². The molecule has 1 fully saturated rings. The normalized spacial score (nSPS) is 15.9. The number of carbonyl (C=O) groups excluding carboxylic acids is 5. The molecule has 0 saturated carbocycles. The highest BCUT2D eigenvalue weighted by Gasteiger charge is 2.49. The van der Waals surface area contributed by atoms with Crippen LogP contribution in [-0.2, 0) is 19.1 Å². The van der Waals surface area contributed by atoms with Crippen LogP contribution >= 0.6 is 0 Å². The first-order valence-corrected chi connectivity index (χ1v) is 7.11. The van der Waals surface area contributed by atoms with E-state index >= 15 is 0 Å². The summed E-state index contributed by atoms with van der Waals surface area (Å²) >= 11 is 0. The quantitative estimate of drug-likeness (QED) is 0.427. The van der Waals surface area contributed by atoms with E-state index in [0.717, 1.165) is 4.90 Å². The number of esters is 1. The maximum Gasteiger partial charge on any atom is 0.326 e. The van der Waals surface area contributed by atoms with Crippen molar-refractivity contribution in [3.05, 3.63) is 0 Å². The molecule has 10 nitrogen and oxygen atoms in total. The first-order valence-electron chi connectivity index (χ1n) is 7.11. The molecule has 0 aromatic rings. The monoisotopic (exact) mass is 328 g/mol. The van der Waals surface area contributed by atoms with Gasteiger partial charge in [-0.15, -0.1) is 0 Å². The lowest BCUT2D eigenvalue weighted by Gasteiger charge is -2.22. The Hall–Kier alpha value is -2.65. The number of hydrogen-bond donors (Lipinski definition) is 3. The predicted octanol–water partition coefficient (Wildman–Crippen LogP) is -0.904. The maximum absolute atomic E-state index is 12.3. The van der Waals surface area contributed by atoms with Gasteiger partial charge in [0.25, 0.3) is 11.8 Å². The van der Waals surface area contributed by atoms with Gasteiger partial charge in [-0.3, -0.25) is 24.6 Å². The summed E-state index contributed by atoms with van der Waals surface area (Å²) in [6, 6.07) is -1.42. The fourth-order valence-corrected chi connectivity index (χ4v) is 2.10. The fraction of sp³-hybridized carbons (Fsp3) is 0.615. The molecule has 1 heterocycles. The summed E-state index contributed by atoms with van der Waals surface area (Å²) in [5, 5.41) is 6.63. The predicted molar refractivity (Wildman–Crippen MR) is 77.1 cm³/mol. The Morgan fingerprint density at radius 2 is 1.83 bits per heavy atom. The van der Waals surface area contributed by atoms with Gasteiger partial charge in [0.1, 0.15) is 12.1 Å². The number of urea groups is 2. The molecule has 23 heavy (non-hydrogen) atoms. The summed E-state index contributed by atoms with van der Waals surface area (Å²) in [7, 11) is 1.32. The highest BCUT2D eigenvalue weighted by molar-refractivity contribution is 6.08. The average Bonchev–Trinajstić information content (AvgIpc) is 2.77. The van der Waals surface area contributed by atoms with Gasteiger partial charge < -0.3 is 15.4 Å². The van der Waals surface area contributed by atoms with E-state index in [1.54, 1.807) is 13.8 Å². The molecule has 6 amide bonds. The zero-order valence-electron chi connectivity index (χ0n) is 13.2. The number of imide groups is 2. The molecule has 0 radical (unpaired) electrons. The largest absolute Gasteiger partial charge is 0.454 e. The fourth-order valence-electron chi connectivity index (χ4n) is 2.10. The van der Waals surface area contributed by atoms with E-state index in [1.165, 1.54) is 7.05 Å². The third-order valence-corrected chi connectivity index (χ3v) is 3.58. The summed E-state index contributed by atoms with van der Waals surface area (Å²) in [6.07, 6.45) is 0.794. The molecule has 1 aliphatic heterocycles.